The molecular formula is C18H23ClO. The average molecular weight is 291 g/mol. The van der Waals surface area contributed by atoms with Gasteiger partial charge in [0.25, 0.3) is 0 Å². The van der Waals surface area contributed by atoms with Gasteiger partial charge in [-0.1, -0.05) is 44.5 Å². The molecule has 0 bridgehead atoms. The molecule has 3 rings (SSSR count). The van der Waals surface area contributed by atoms with E-state index in [1.54, 1.807) is 0 Å². The summed E-state index contributed by atoms with van der Waals surface area (Å²) in [6, 6.07) is 8.09. The van der Waals surface area contributed by atoms with Gasteiger partial charge in [0, 0.05) is 16.4 Å². The highest BCUT2D eigenvalue weighted by atomic mass is 35.5. The Labute approximate surface area is 126 Å². The van der Waals surface area contributed by atoms with Crippen LogP contribution in [0.1, 0.15) is 51.5 Å². The Morgan fingerprint density at radius 1 is 1.20 bits per heavy atom. The first-order valence-electron chi connectivity index (χ1n) is 7.76. The van der Waals surface area contributed by atoms with Crippen LogP contribution in [0.25, 0.3) is 0 Å². The highest BCUT2D eigenvalue weighted by molar-refractivity contribution is 6.30. The number of carbonyl (C=O) groups excluding carboxylic acids is 1. The second-order valence-electron chi connectivity index (χ2n) is 7.04. The summed E-state index contributed by atoms with van der Waals surface area (Å²) in [5, 5.41) is 0.770. The summed E-state index contributed by atoms with van der Waals surface area (Å²) in [4.78, 5) is 13.0. The second kappa shape index (κ2) is 4.87. The van der Waals surface area contributed by atoms with Crippen LogP contribution in [0, 0.1) is 23.2 Å². The Kier molecular flexibility index (Phi) is 3.44. The standard InChI is InChI=1S/C18H23ClO/c1-11(2)15-9-4-12(3)18(17(15)20)10-16(18)13-5-7-14(19)8-6-13/h5-8,11-12,15-16H,4,9-10H2,1-3H3/t12-,15-,16-,18+/m1/s1. The molecule has 0 unspecified atom stereocenters. The van der Waals surface area contributed by atoms with Crippen molar-refractivity contribution in [3.63, 3.8) is 0 Å². The molecule has 0 radical (unpaired) electrons. The number of Topliss-reactive ketones (excluding diaryl/α,β-unsaturated/α-hetero) is 1. The third-order valence-corrected chi connectivity index (χ3v) is 5.92. The van der Waals surface area contributed by atoms with Gasteiger partial charge >= 0.3 is 0 Å². The zero-order chi connectivity index (χ0) is 14.5. The van der Waals surface area contributed by atoms with Crippen LogP contribution in [0.2, 0.25) is 5.02 Å². The van der Waals surface area contributed by atoms with Gasteiger partial charge in [-0.05, 0) is 54.7 Å². The smallest absolute Gasteiger partial charge is 0.143 e. The van der Waals surface area contributed by atoms with E-state index < -0.39 is 0 Å². The molecule has 0 aromatic heterocycles. The maximum atomic E-state index is 13.0. The second-order valence-corrected chi connectivity index (χ2v) is 7.48. The fourth-order valence-electron chi connectivity index (χ4n) is 4.25. The summed E-state index contributed by atoms with van der Waals surface area (Å²) in [5.74, 6) is 2.21. The van der Waals surface area contributed by atoms with E-state index in [-0.39, 0.29) is 11.3 Å². The Morgan fingerprint density at radius 3 is 2.45 bits per heavy atom. The summed E-state index contributed by atoms with van der Waals surface area (Å²) in [5.41, 5.74) is 1.22. The van der Waals surface area contributed by atoms with Crippen LogP contribution in [-0.2, 0) is 4.79 Å². The van der Waals surface area contributed by atoms with Gasteiger partial charge < -0.3 is 0 Å². The summed E-state index contributed by atoms with van der Waals surface area (Å²) in [7, 11) is 0. The largest absolute Gasteiger partial charge is 0.299 e. The lowest BCUT2D eigenvalue weighted by Gasteiger charge is -2.36. The van der Waals surface area contributed by atoms with Crippen molar-refractivity contribution < 1.29 is 4.79 Å². The molecular weight excluding hydrogens is 268 g/mol. The molecule has 0 heterocycles. The maximum absolute atomic E-state index is 13.0. The van der Waals surface area contributed by atoms with Crippen molar-refractivity contribution in [1.29, 1.82) is 0 Å². The zero-order valence-corrected chi connectivity index (χ0v) is 13.3. The van der Waals surface area contributed by atoms with Crippen LogP contribution in [0.5, 0.6) is 0 Å². The first kappa shape index (κ1) is 14.1. The molecule has 2 saturated carbocycles. The molecule has 108 valence electrons. The lowest BCUT2D eigenvalue weighted by Crippen LogP contribution is -2.39. The average Bonchev–Trinajstić information content (AvgIpc) is 3.14. The van der Waals surface area contributed by atoms with Crippen LogP contribution < -0.4 is 0 Å². The van der Waals surface area contributed by atoms with Gasteiger partial charge in [-0.2, -0.15) is 0 Å². The minimum Gasteiger partial charge on any atom is -0.299 e. The van der Waals surface area contributed by atoms with Gasteiger partial charge in [0.2, 0.25) is 0 Å². The molecule has 2 aliphatic carbocycles. The normalized spacial score (nSPS) is 36.6. The van der Waals surface area contributed by atoms with Crippen molar-refractivity contribution in [2.45, 2.75) is 46.0 Å². The monoisotopic (exact) mass is 290 g/mol. The van der Waals surface area contributed by atoms with Crippen LogP contribution in [0.4, 0.5) is 0 Å². The zero-order valence-electron chi connectivity index (χ0n) is 12.5. The van der Waals surface area contributed by atoms with Gasteiger partial charge in [0.1, 0.15) is 5.78 Å². The van der Waals surface area contributed by atoms with Crippen LogP contribution in [0.15, 0.2) is 24.3 Å². The topological polar surface area (TPSA) is 17.1 Å². The SMILES string of the molecule is CC(C)[C@H]1CC[C@@H](C)[C@]2(C[C@@H]2c2ccc(Cl)cc2)C1=O. The molecule has 2 fully saturated rings. The molecule has 4 atom stereocenters. The first-order valence-corrected chi connectivity index (χ1v) is 8.14. The van der Waals surface area contributed by atoms with Crippen molar-refractivity contribution in [3.8, 4) is 0 Å². The van der Waals surface area contributed by atoms with Gasteiger partial charge in [-0.25, -0.2) is 0 Å². The summed E-state index contributed by atoms with van der Waals surface area (Å²) < 4.78 is 0. The number of ketones is 1. The third kappa shape index (κ3) is 2.02. The van der Waals surface area contributed by atoms with E-state index in [0.29, 0.717) is 23.5 Å². The Morgan fingerprint density at radius 2 is 1.85 bits per heavy atom. The van der Waals surface area contributed by atoms with Gasteiger partial charge in [-0.15, -0.1) is 0 Å². The van der Waals surface area contributed by atoms with Gasteiger partial charge in [0.05, 0.1) is 0 Å². The van der Waals surface area contributed by atoms with E-state index in [1.165, 1.54) is 12.0 Å². The highest BCUT2D eigenvalue weighted by Gasteiger charge is 2.65. The fourth-order valence-corrected chi connectivity index (χ4v) is 4.37. The number of hydrogen-bond acceptors (Lipinski definition) is 1. The number of halogens is 1. The quantitative estimate of drug-likeness (QED) is 0.742. The molecule has 1 nitrogen and oxygen atoms in total. The maximum Gasteiger partial charge on any atom is 0.143 e. The number of rotatable bonds is 2. The molecule has 1 aromatic carbocycles. The molecule has 2 aliphatic rings. The van der Waals surface area contributed by atoms with Crippen LogP contribution >= 0.6 is 11.6 Å². The van der Waals surface area contributed by atoms with E-state index in [0.717, 1.165) is 17.9 Å². The fraction of sp³-hybridized carbons (Fsp3) is 0.611. The van der Waals surface area contributed by atoms with Crippen LogP contribution in [-0.4, -0.2) is 5.78 Å². The van der Waals surface area contributed by atoms with Gasteiger partial charge in [-0.3, -0.25) is 4.79 Å². The highest BCUT2D eigenvalue weighted by Crippen LogP contribution is 2.68. The number of benzene rings is 1. The minimum atomic E-state index is -0.0684. The van der Waals surface area contributed by atoms with Crippen molar-refractivity contribution >= 4 is 17.4 Å². The van der Waals surface area contributed by atoms with E-state index in [2.05, 4.69) is 32.9 Å². The van der Waals surface area contributed by atoms with Gasteiger partial charge in [0.15, 0.2) is 0 Å². The molecule has 0 amide bonds. The predicted octanol–water partition coefficient (Wildman–Crippen LogP) is 5.08. The first-order chi connectivity index (χ1) is 9.46. The molecule has 20 heavy (non-hydrogen) atoms. The lowest BCUT2D eigenvalue weighted by molar-refractivity contribution is -0.135. The molecule has 1 aromatic rings. The van der Waals surface area contributed by atoms with Crippen molar-refractivity contribution in [2.75, 3.05) is 0 Å². The summed E-state index contributed by atoms with van der Waals surface area (Å²) >= 11 is 5.97. The molecule has 1 spiro atoms. The lowest BCUT2D eigenvalue weighted by atomic mass is 9.66. The summed E-state index contributed by atoms with van der Waals surface area (Å²) in [6.45, 7) is 6.64. The number of carbonyl (C=O) groups is 1. The Balaban J connectivity index is 1.88. The van der Waals surface area contributed by atoms with E-state index in [4.69, 9.17) is 11.6 Å². The Hall–Kier alpha value is -0.820. The Bertz CT molecular complexity index is 519. The molecule has 2 heteroatoms. The van der Waals surface area contributed by atoms with E-state index in [1.807, 2.05) is 12.1 Å². The van der Waals surface area contributed by atoms with Crippen LogP contribution in [0.3, 0.4) is 0 Å². The molecule has 0 saturated heterocycles. The third-order valence-electron chi connectivity index (χ3n) is 5.67. The van der Waals surface area contributed by atoms with Crippen molar-refractivity contribution in [1.82, 2.24) is 0 Å². The summed E-state index contributed by atoms with van der Waals surface area (Å²) in [6.07, 6.45) is 3.31. The van der Waals surface area contributed by atoms with E-state index in [9.17, 15) is 4.79 Å². The minimum absolute atomic E-state index is 0.0684. The molecule has 0 N–H and O–H groups in total. The van der Waals surface area contributed by atoms with E-state index >= 15 is 0 Å². The number of hydrogen-bond donors (Lipinski definition) is 0. The van der Waals surface area contributed by atoms with Crippen molar-refractivity contribution in [3.05, 3.63) is 34.9 Å². The predicted molar refractivity (Wildman–Crippen MR) is 83.0 cm³/mol. The molecule has 0 aliphatic heterocycles. The van der Waals surface area contributed by atoms with Crippen molar-refractivity contribution in [2.24, 2.45) is 23.2 Å².